The second-order valence-corrected chi connectivity index (χ2v) is 2.18. The second-order valence-electron chi connectivity index (χ2n) is 2.18. The van der Waals surface area contributed by atoms with Crippen molar-refractivity contribution >= 4 is 0 Å². The monoisotopic (exact) mass is 152 g/mol. The Morgan fingerprint density at radius 1 is 1.70 bits per heavy atom. The lowest BCUT2D eigenvalue weighted by atomic mass is 10.2. The molecule has 5 heteroatoms. The molecule has 0 bridgehead atoms. The molecule has 60 valence electrons. The Labute approximate surface area is 57.1 Å². The minimum Gasteiger partial charge on any atom is -0.394 e. The molecule has 0 unspecified atom stereocenters. The van der Waals surface area contributed by atoms with Crippen molar-refractivity contribution < 1.29 is 24.4 Å². The first-order valence-electron chi connectivity index (χ1n) is 2.97. The van der Waals surface area contributed by atoms with E-state index >= 15 is 0 Å². The molecule has 0 spiro atoms. The summed E-state index contributed by atoms with van der Waals surface area (Å²) in [7, 11) is 0. The van der Waals surface area contributed by atoms with E-state index < -0.39 is 18.3 Å². The summed E-state index contributed by atoms with van der Waals surface area (Å²) in [6.07, 6.45) is -2.74. The standard InChI is InChI=1S/C5H9FO4/c6-10-5-3(8)2-9-4(5)1-7/h3-5,7-8H,1-2H2/t3-,4+,5-/m0/s1. The van der Waals surface area contributed by atoms with Crippen LogP contribution in [0.4, 0.5) is 4.53 Å². The van der Waals surface area contributed by atoms with Gasteiger partial charge in [-0.3, -0.25) is 0 Å². The topological polar surface area (TPSA) is 58.9 Å². The Morgan fingerprint density at radius 3 is 2.80 bits per heavy atom. The lowest BCUT2D eigenvalue weighted by Crippen LogP contribution is -2.33. The molecule has 0 aromatic carbocycles. The zero-order valence-corrected chi connectivity index (χ0v) is 5.24. The van der Waals surface area contributed by atoms with Crippen LogP contribution in [0.15, 0.2) is 0 Å². The predicted octanol–water partition coefficient (Wildman–Crippen LogP) is -0.992. The number of halogens is 1. The van der Waals surface area contributed by atoms with Crippen molar-refractivity contribution in [2.45, 2.75) is 18.3 Å². The van der Waals surface area contributed by atoms with E-state index in [1.807, 2.05) is 0 Å². The summed E-state index contributed by atoms with van der Waals surface area (Å²) in [5, 5.41) is 17.4. The third-order valence-corrected chi connectivity index (χ3v) is 1.51. The lowest BCUT2D eigenvalue weighted by molar-refractivity contribution is -0.213. The van der Waals surface area contributed by atoms with Crippen LogP contribution in [-0.4, -0.2) is 41.7 Å². The lowest BCUT2D eigenvalue weighted by Gasteiger charge is -2.11. The van der Waals surface area contributed by atoms with E-state index in [4.69, 9.17) is 14.9 Å². The number of hydrogen-bond donors (Lipinski definition) is 2. The molecule has 1 saturated heterocycles. The van der Waals surface area contributed by atoms with Crippen LogP contribution < -0.4 is 0 Å². The largest absolute Gasteiger partial charge is 0.394 e. The van der Waals surface area contributed by atoms with Crippen molar-refractivity contribution in [2.24, 2.45) is 0 Å². The molecular weight excluding hydrogens is 143 g/mol. The molecule has 2 N–H and O–H groups in total. The van der Waals surface area contributed by atoms with Crippen LogP contribution in [0.1, 0.15) is 0 Å². The van der Waals surface area contributed by atoms with Crippen LogP contribution in [0.5, 0.6) is 0 Å². The molecule has 0 saturated carbocycles. The van der Waals surface area contributed by atoms with Gasteiger partial charge in [0.15, 0.2) is 6.10 Å². The minimum absolute atomic E-state index is 0.0137. The molecule has 4 nitrogen and oxygen atoms in total. The van der Waals surface area contributed by atoms with Gasteiger partial charge in [0.25, 0.3) is 0 Å². The summed E-state index contributed by atoms with van der Waals surface area (Å²) < 4.78 is 16.3. The molecule has 1 heterocycles. The fraction of sp³-hybridized carbons (Fsp3) is 1.00. The fourth-order valence-electron chi connectivity index (χ4n) is 0.933. The normalized spacial score (nSPS) is 40.5. The number of rotatable bonds is 2. The number of aliphatic hydroxyl groups excluding tert-OH is 2. The molecule has 1 rings (SSSR count). The Kier molecular flexibility index (Phi) is 2.56. The zero-order valence-electron chi connectivity index (χ0n) is 5.24. The van der Waals surface area contributed by atoms with Gasteiger partial charge >= 0.3 is 0 Å². The quantitative estimate of drug-likeness (QED) is 0.533. The molecular formula is C5H9FO4. The van der Waals surface area contributed by atoms with Crippen molar-refractivity contribution in [2.75, 3.05) is 13.2 Å². The van der Waals surface area contributed by atoms with E-state index in [2.05, 4.69) is 4.94 Å². The fourth-order valence-corrected chi connectivity index (χ4v) is 0.933. The molecule has 1 aliphatic heterocycles. The van der Waals surface area contributed by atoms with E-state index in [0.29, 0.717) is 0 Å². The molecule has 0 amide bonds. The van der Waals surface area contributed by atoms with E-state index in [9.17, 15) is 4.53 Å². The summed E-state index contributed by atoms with van der Waals surface area (Å²) in [5.74, 6) is 0. The zero-order chi connectivity index (χ0) is 7.56. The summed E-state index contributed by atoms with van der Waals surface area (Å²) in [6, 6.07) is 0. The molecule has 0 aromatic rings. The predicted molar refractivity (Wildman–Crippen MR) is 28.8 cm³/mol. The van der Waals surface area contributed by atoms with Gasteiger partial charge in [0.1, 0.15) is 12.2 Å². The molecule has 1 fully saturated rings. The van der Waals surface area contributed by atoms with Gasteiger partial charge in [-0.2, -0.15) is 4.94 Å². The summed E-state index contributed by atoms with van der Waals surface area (Å²) in [4.78, 5) is 3.39. The van der Waals surface area contributed by atoms with E-state index in [-0.39, 0.29) is 13.2 Å². The van der Waals surface area contributed by atoms with Gasteiger partial charge in [-0.1, -0.05) is 0 Å². The summed E-state index contributed by atoms with van der Waals surface area (Å²) in [5.41, 5.74) is 0. The van der Waals surface area contributed by atoms with Gasteiger partial charge in [-0.25, -0.2) is 0 Å². The molecule has 0 radical (unpaired) electrons. The van der Waals surface area contributed by atoms with Crippen LogP contribution in [-0.2, 0) is 9.68 Å². The van der Waals surface area contributed by atoms with Gasteiger partial charge < -0.3 is 14.9 Å². The van der Waals surface area contributed by atoms with E-state index in [1.54, 1.807) is 0 Å². The van der Waals surface area contributed by atoms with Crippen molar-refractivity contribution in [1.82, 2.24) is 0 Å². The van der Waals surface area contributed by atoms with Crippen molar-refractivity contribution in [3.8, 4) is 0 Å². The second kappa shape index (κ2) is 3.25. The van der Waals surface area contributed by atoms with Crippen molar-refractivity contribution in [1.29, 1.82) is 0 Å². The third kappa shape index (κ3) is 1.27. The molecule has 0 aliphatic carbocycles. The SMILES string of the molecule is OC[C@H]1OC[C@H](O)[C@@H]1OF. The Hall–Kier alpha value is -0.230. The van der Waals surface area contributed by atoms with Crippen molar-refractivity contribution in [3.63, 3.8) is 0 Å². The van der Waals surface area contributed by atoms with Gasteiger partial charge in [-0.05, 0) is 4.53 Å². The van der Waals surface area contributed by atoms with Gasteiger partial charge in [-0.15, -0.1) is 0 Å². The maximum Gasteiger partial charge on any atom is 0.155 e. The van der Waals surface area contributed by atoms with Crippen molar-refractivity contribution in [3.05, 3.63) is 0 Å². The minimum atomic E-state index is -1.04. The summed E-state index contributed by atoms with van der Waals surface area (Å²) in [6.45, 7) is -0.328. The highest BCUT2D eigenvalue weighted by Crippen LogP contribution is 2.17. The maximum absolute atomic E-state index is 11.5. The molecule has 3 atom stereocenters. The van der Waals surface area contributed by atoms with E-state index in [1.165, 1.54) is 0 Å². The maximum atomic E-state index is 11.5. The first-order valence-corrected chi connectivity index (χ1v) is 2.97. The number of hydrogen-bond acceptors (Lipinski definition) is 4. The molecule has 0 aromatic heterocycles. The number of aliphatic hydroxyl groups is 2. The average molecular weight is 152 g/mol. The Morgan fingerprint density at radius 2 is 2.40 bits per heavy atom. The Balaban J connectivity index is 2.45. The first-order chi connectivity index (χ1) is 4.79. The van der Waals surface area contributed by atoms with Gasteiger partial charge in [0, 0.05) is 0 Å². The Bertz CT molecular complexity index is 110. The van der Waals surface area contributed by atoms with Gasteiger partial charge in [0.2, 0.25) is 0 Å². The molecule has 10 heavy (non-hydrogen) atoms. The van der Waals surface area contributed by atoms with Crippen LogP contribution >= 0.6 is 0 Å². The van der Waals surface area contributed by atoms with E-state index in [0.717, 1.165) is 0 Å². The van der Waals surface area contributed by atoms with Crippen LogP contribution in [0, 0.1) is 0 Å². The number of ether oxygens (including phenoxy) is 1. The highest BCUT2D eigenvalue weighted by molar-refractivity contribution is 4.83. The smallest absolute Gasteiger partial charge is 0.155 e. The third-order valence-electron chi connectivity index (χ3n) is 1.51. The van der Waals surface area contributed by atoms with Gasteiger partial charge in [0.05, 0.1) is 13.2 Å². The first kappa shape index (κ1) is 7.87. The average Bonchev–Trinajstić information content (AvgIpc) is 2.30. The molecule has 1 aliphatic rings. The van der Waals surface area contributed by atoms with Crippen LogP contribution in [0.3, 0.4) is 0 Å². The summed E-state index contributed by atoms with van der Waals surface area (Å²) >= 11 is 0. The van der Waals surface area contributed by atoms with Crippen LogP contribution in [0.25, 0.3) is 0 Å². The highest BCUT2D eigenvalue weighted by Gasteiger charge is 2.37. The van der Waals surface area contributed by atoms with Crippen LogP contribution in [0.2, 0.25) is 0 Å². The highest BCUT2D eigenvalue weighted by atomic mass is 19.3.